The van der Waals surface area contributed by atoms with Crippen LogP contribution in [0, 0.1) is 11.8 Å². The second-order valence-corrected chi connectivity index (χ2v) is 7.80. The molecule has 0 spiro atoms. The first-order valence-electron chi connectivity index (χ1n) is 9.81. The lowest BCUT2D eigenvalue weighted by Gasteiger charge is -2.38. The SMILES string of the molecule is COCCN(C)CC1CC(CO)CN(C(=O)c2ccc3ccccc3c2O)C1. The molecule has 152 valence electrons. The molecule has 0 aromatic heterocycles. The predicted molar refractivity (Wildman–Crippen MR) is 110 cm³/mol. The number of hydrogen-bond acceptors (Lipinski definition) is 5. The van der Waals surface area contributed by atoms with Crippen molar-refractivity contribution >= 4 is 16.7 Å². The fraction of sp³-hybridized carbons (Fsp3) is 0.500. The zero-order chi connectivity index (χ0) is 20.1. The van der Waals surface area contributed by atoms with Crippen molar-refractivity contribution in [2.24, 2.45) is 11.8 Å². The van der Waals surface area contributed by atoms with Gasteiger partial charge in [0.05, 0.1) is 12.2 Å². The molecule has 0 aliphatic carbocycles. The molecule has 1 aliphatic rings. The summed E-state index contributed by atoms with van der Waals surface area (Å²) in [7, 11) is 3.73. The number of rotatable bonds is 7. The maximum atomic E-state index is 13.2. The quantitative estimate of drug-likeness (QED) is 0.763. The van der Waals surface area contributed by atoms with Gasteiger partial charge in [-0.05, 0) is 36.8 Å². The van der Waals surface area contributed by atoms with Crippen LogP contribution < -0.4 is 0 Å². The average Bonchev–Trinajstić information content (AvgIpc) is 2.72. The van der Waals surface area contributed by atoms with Crippen LogP contribution in [0.3, 0.4) is 0 Å². The number of nitrogens with zero attached hydrogens (tertiary/aromatic N) is 2. The highest BCUT2D eigenvalue weighted by Gasteiger charge is 2.31. The van der Waals surface area contributed by atoms with Crippen molar-refractivity contribution in [1.82, 2.24) is 9.80 Å². The van der Waals surface area contributed by atoms with Gasteiger partial charge in [0.25, 0.3) is 5.91 Å². The summed E-state index contributed by atoms with van der Waals surface area (Å²) in [4.78, 5) is 17.2. The summed E-state index contributed by atoms with van der Waals surface area (Å²) in [5.74, 6) is 0.189. The van der Waals surface area contributed by atoms with Gasteiger partial charge in [-0.2, -0.15) is 0 Å². The average molecular weight is 386 g/mol. The summed E-state index contributed by atoms with van der Waals surface area (Å²) in [5, 5.41) is 22.0. The third-order valence-corrected chi connectivity index (χ3v) is 5.55. The Morgan fingerprint density at radius 1 is 1.21 bits per heavy atom. The molecule has 0 bridgehead atoms. The van der Waals surface area contributed by atoms with E-state index in [1.165, 1.54) is 0 Å². The van der Waals surface area contributed by atoms with Crippen molar-refractivity contribution in [2.75, 3.05) is 53.6 Å². The van der Waals surface area contributed by atoms with Gasteiger partial charge in [-0.3, -0.25) is 4.79 Å². The number of phenolic OH excluding ortho intramolecular Hbond substituents is 1. The van der Waals surface area contributed by atoms with Gasteiger partial charge >= 0.3 is 0 Å². The van der Waals surface area contributed by atoms with Crippen LogP contribution >= 0.6 is 0 Å². The molecule has 1 saturated heterocycles. The van der Waals surface area contributed by atoms with E-state index in [1.807, 2.05) is 37.4 Å². The van der Waals surface area contributed by atoms with E-state index in [1.54, 1.807) is 18.1 Å². The van der Waals surface area contributed by atoms with Crippen molar-refractivity contribution in [1.29, 1.82) is 0 Å². The van der Waals surface area contributed by atoms with Crippen LogP contribution in [-0.2, 0) is 4.74 Å². The molecule has 2 aromatic rings. The molecular weight excluding hydrogens is 356 g/mol. The number of hydrogen-bond donors (Lipinski definition) is 2. The number of amides is 1. The van der Waals surface area contributed by atoms with Crippen molar-refractivity contribution in [3.05, 3.63) is 42.0 Å². The number of benzene rings is 2. The second kappa shape index (κ2) is 9.37. The summed E-state index contributed by atoms with van der Waals surface area (Å²) in [6, 6.07) is 11.1. The lowest BCUT2D eigenvalue weighted by Crippen LogP contribution is -2.47. The van der Waals surface area contributed by atoms with E-state index in [2.05, 4.69) is 4.90 Å². The summed E-state index contributed by atoms with van der Waals surface area (Å²) in [6.07, 6.45) is 0.890. The van der Waals surface area contributed by atoms with E-state index in [0.717, 1.165) is 24.9 Å². The number of likely N-dealkylation sites (N-methyl/N-ethyl adjacent to an activating group) is 1. The Bertz CT molecular complexity index is 810. The minimum absolute atomic E-state index is 0.0305. The Morgan fingerprint density at radius 2 is 1.96 bits per heavy atom. The topological polar surface area (TPSA) is 73.2 Å². The van der Waals surface area contributed by atoms with Gasteiger partial charge in [-0.15, -0.1) is 0 Å². The van der Waals surface area contributed by atoms with E-state index in [-0.39, 0.29) is 30.1 Å². The Morgan fingerprint density at radius 3 is 2.71 bits per heavy atom. The first-order valence-corrected chi connectivity index (χ1v) is 9.81. The number of fused-ring (bicyclic) bond motifs is 1. The molecule has 1 heterocycles. The number of aromatic hydroxyl groups is 1. The highest BCUT2D eigenvalue weighted by Crippen LogP contribution is 2.31. The molecule has 3 rings (SSSR count). The van der Waals surface area contributed by atoms with Crippen LogP contribution in [0.5, 0.6) is 5.75 Å². The van der Waals surface area contributed by atoms with Crippen molar-refractivity contribution in [3.8, 4) is 5.75 Å². The normalized spacial score (nSPS) is 20.1. The molecule has 0 radical (unpaired) electrons. The number of phenols is 1. The van der Waals surface area contributed by atoms with E-state index in [4.69, 9.17) is 4.74 Å². The second-order valence-electron chi connectivity index (χ2n) is 7.80. The fourth-order valence-corrected chi connectivity index (χ4v) is 4.13. The number of carbonyl (C=O) groups excluding carboxylic acids is 1. The number of ether oxygens (including phenoxy) is 1. The summed E-state index contributed by atoms with van der Waals surface area (Å²) in [6.45, 7) is 3.54. The van der Waals surface area contributed by atoms with Gasteiger partial charge in [-0.25, -0.2) is 0 Å². The Labute approximate surface area is 166 Å². The lowest BCUT2D eigenvalue weighted by molar-refractivity contribution is 0.0448. The molecule has 2 unspecified atom stereocenters. The van der Waals surface area contributed by atoms with Crippen LogP contribution in [0.4, 0.5) is 0 Å². The Hall–Kier alpha value is -2.15. The highest BCUT2D eigenvalue weighted by molar-refractivity contribution is 6.03. The van der Waals surface area contributed by atoms with E-state index in [0.29, 0.717) is 30.6 Å². The zero-order valence-electron chi connectivity index (χ0n) is 16.7. The molecule has 28 heavy (non-hydrogen) atoms. The minimum Gasteiger partial charge on any atom is -0.506 e. The molecule has 1 fully saturated rings. The molecular formula is C22H30N2O4. The van der Waals surface area contributed by atoms with Crippen LogP contribution in [-0.4, -0.2) is 79.5 Å². The highest BCUT2D eigenvalue weighted by atomic mass is 16.5. The first-order chi connectivity index (χ1) is 13.5. The largest absolute Gasteiger partial charge is 0.506 e. The predicted octanol–water partition coefficient (Wildman–Crippen LogP) is 2.19. The van der Waals surface area contributed by atoms with Crippen LogP contribution in [0.2, 0.25) is 0 Å². The first kappa shape index (κ1) is 20.6. The number of likely N-dealkylation sites (tertiary alicyclic amines) is 1. The van der Waals surface area contributed by atoms with Gasteiger partial charge in [0.15, 0.2) is 0 Å². The minimum atomic E-state index is -0.175. The number of piperidine rings is 1. The number of methoxy groups -OCH3 is 1. The molecule has 0 saturated carbocycles. The number of aliphatic hydroxyl groups is 1. The van der Waals surface area contributed by atoms with Crippen molar-refractivity contribution in [2.45, 2.75) is 6.42 Å². The maximum Gasteiger partial charge on any atom is 0.257 e. The van der Waals surface area contributed by atoms with Gasteiger partial charge in [0.2, 0.25) is 0 Å². The monoisotopic (exact) mass is 386 g/mol. The molecule has 1 aliphatic heterocycles. The van der Waals surface area contributed by atoms with E-state index >= 15 is 0 Å². The molecule has 2 atom stereocenters. The molecule has 6 heteroatoms. The fourth-order valence-electron chi connectivity index (χ4n) is 4.13. The summed E-state index contributed by atoms with van der Waals surface area (Å²) < 4.78 is 5.14. The van der Waals surface area contributed by atoms with Gasteiger partial charge in [0.1, 0.15) is 5.75 Å². The number of carbonyl (C=O) groups is 1. The maximum absolute atomic E-state index is 13.2. The lowest BCUT2D eigenvalue weighted by atomic mass is 9.88. The van der Waals surface area contributed by atoms with E-state index in [9.17, 15) is 15.0 Å². The zero-order valence-corrected chi connectivity index (χ0v) is 16.7. The Kier molecular flexibility index (Phi) is 6.88. The van der Waals surface area contributed by atoms with Crippen LogP contribution in [0.25, 0.3) is 10.8 Å². The third-order valence-electron chi connectivity index (χ3n) is 5.55. The number of aliphatic hydroxyl groups excluding tert-OH is 1. The smallest absolute Gasteiger partial charge is 0.257 e. The standard InChI is InChI=1S/C22H30N2O4/c1-23(9-10-28-2)12-16-11-17(15-25)14-24(13-16)22(27)20-8-7-18-5-3-4-6-19(18)21(20)26/h3-8,16-17,25-26H,9-15H2,1-2H3. The van der Waals surface area contributed by atoms with Gasteiger partial charge in [-0.1, -0.05) is 30.3 Å². The summed E-state index contributed by atoms with van der Waals surface area (Å²) >= 11 is 0. The van der Waals surface area contributed by atoms with Gasteiger partial charge in [0, 0.05) is 45.3 Å². The Balaban J connectivity index is 1.77. The molecule has 2 aromatic carbocycles. The van der Waals surface area contributed by atoms with Crippen molar-refractivity contribution < 1.29 is 19.7 Å². The van der Waals surface area contributed by atoms with Gasteiger partial charge < -0.3 is 24.7 Å². The van der Waals surface area contributed by atoms with Crippen LogP contribution in [0.1, 0.15) is 16.8 Å². The molecule has 1 amide bonds. The van der Waals surface area contributed by atoms with E-state index < -0.39 is 0 Å². The van der Waals surface area contributed by atoms with Crippen molar-refractivity contribution in [3.63, 3.8) is 0 Å². The summed E-state index contributed by atoms with van der Waals surface area (Å²) in [5.41, 5.74) is 0.323. The van der Waals surface area contributed by atoms with Crippen LogP contribution in [0.15, 0.2) is 36.4 Å². The third kappa shape index (κ3) is 4.63. The molecule has 2 N–H and O–H groups in total. The molecule has 6 nitrogen and oxygen atoms in total.